The fourth-order valence-corrected chi connectivity index (χ4v) is 4.30. The number of carbonyl (C=O) groups is 2. The second kappa shape index (κ2) is 7.77. The summed E-state index contributed by atoms with van der Waals surface area (Å²) < 4.78 is 0. The van der Waals surface area contributed by atoms with Gasteiger partial charge in [-0.25, -0.2) is 9.97 Å². The predicted molar refractivity (Wildman–Crippen MR) is 105 cm³/mol. The molecule has 3 aromatic rings. The molecule has 0 unspecified atom stereocenters. The number of carbonyl (C=O) groups excluding carboxylic acids is 2. The van der Waals surface area contributed by atoms with E-state index >= 15 is 0 Å². The molecule has 1 N–H and O–H groups in total. The lowest BCUT2D eigenvalue weighted by molar-refractivity contribution is -0.126. The lowest BCUT2D eigenvalue weighted by Crippen LogP contribution is -2.34. The van der Waals surface area contributed by atoms with Crippen LogP contribution in [0.5, 0.6) is 0 Å². The normalized spacial score (nSPS) is 13.6. The summed E-state index contributed by atoms with van der Waals surface area (Å²) in [6.45, 7) is 1.11. The summed E-state index contributed by atoms with van der Waals surface area (Å²) in [5.74, 6) is -0.367. The number of anilines is 1. The average Bonchev–Trinajstić information content (AvgIpc) is 3.35. The topological polar surface area (TPSA) is 88.1 Å². The Morgan fingerprint density at radius 2 is 2.22 bits per heavy atom. The van der Waals surface area contributed by atoms with Crippen molar-refractivity contribution < 1.29 is 9.59 Å². The Hall–Kier alpha value is -2.91. The Balaban J connectivity index is 1.41. The highest BCUT2D eigenvalue weighted by molar-refractivity contribution is 7.15. The smallest absolute Gasteiger partial charge is 0.277 e. The monoisotopic (exact) mass is 397 g/mol. The number of thiazole rings is 1. The van der Waals surface area contributed by atoms with Crippen molar-refractivity contribution >= 4 is 45.7 Å². The van der Waals surface area contributed by atoms with Crippen LogP contribution in [0.25, 0.3) is 6.08 Å². The van der Waals surface area contributed by atoms with E-state index in [1.165, 1.54) is 29.9 Å². The molecule has 0 saturated carbocycles. The van der Waals surface area contributed by atoms with Gasteiger partial charge in [-0.05, 0) is 17.5 Å². The lowest BCUT2D eigenvalue weighted by atomic mass is 10.2. The van der Waals surface area contributed by atoms with Crippen LogP contribution in [0.2, 0.25) is 0 Å². The Kier molecular flexibility index (Phi) is 5.03. The molecule has 3 aromatic heterocycles. The van der Waals surface area contributed by atoms with Crippen molar-refractivity contribution in [2.24, 2.45) is 0 Å². The van der Waals surface area contributed by atoms with Crippen molar-refractivity contribution in [3.8, 4) is 0 Å². The molecule has 0 bridgehead atoms. The highest BCUT2D eigenvalue weighted by Gasteiger charge is 2.23. The number of fused-ring (bicyclic) bond motifs is 1. The summed E-state index contributed by atoms with van der Waals surface area (Å²) in [7, 11) is 0. The molecule has 0 saturated heterocycles. The number of amides is 2. The molecule has 7 nitrogen and oxygen atoms in total. The first-order valence-electron chi connectivity index (χ1n) is 8.25. The summed E-state index contributed by atoms with van der Waals surface area (Å²) in [4.78, 5) is 40.8. The SMILES string of the molecule is O=C(Nc1nc2c(s1)CN(C(=O)C=Cc1cccs1)CC2)c1cnccn1. The second-order valence-corrected chi connectivity index (χ2v) is 7.86. The van der Waals surface area contributed by atoms with Crippen molar-refractivity contribution in [2.75, 3.05) is 11.9 Å². The standard InChI is InChI=1S/C18H15N5O2S2/c24-16(4-3-12-2-1-9-26-12)23-8-5-13-15(11-23)27-18(21-13)22-17(25)14-10-19-6-7-20-14/h1-4,6-7,9-10H,5,8,11H2,(H,21,22,25). The number of nitrogens with one attached hydrogen (secondary N) is 1. The summed E-state index contributed by atoms with van der Waals surface area (Å²) in [5, 5.41) is 5.24. The molecule has 4 heterocycles. The van der Waals surface area contributed by atoms with Gasteiger partial charge in [0.05, 0.1) is 18.4 Å². The molecule has 1 aliphatic rings. The van der Waals surface area contributed by atoms with Crippen LogP contribution in [-0.4, -0.2) is 38.2 Å². The Morgan fingerprint density at radius 3 is 3.00 bits per heavy atom. The molecule has 4 rings (SSSR count). The highest BCUT2D eigenvalue weighted by Crippen LogP contribution is 2.28. The van der Waals surface area contributed by atoms with Gasteiger partial charge in [-0.3, -0.25) is 19.9 Å². The van der Waals surface area contributed by atoms with E-state index in [4.69, 9.17) is 0 Å². The van der Waals surface area contributed by atoms with Gasteiger partial charge in [0.15, 0.2) is 5.13 Å². The third-order valence-electron chi connectivity index (χ3n) is 3.99. The van der Waals surface area contributed by atoms with E-state index in [1.807, 2.05) is 23.6 Å². The molecule has 0 spiro atoms. The van der Waals surface area contributed by atoms with E-state index in [9.17, 15) is 9.59 Å². The number of rotatable bonds is 4. The molecular formula is C18H15N5O2S2. The van der Waals surface area contributed by atoms with E-state index in [2.05, 4.69) is 20.3 Å². The molecular weight excluding hydrogens is 382 g/mol. The fraction of sp³-hybridized carbons (Fsp3) is 0.167. The van der Waals surface area contributed by atoms with Crippen molar-refractivity contribution in [1.29, 1.82) is 0 Å². The summed E-state index contributed by atoms with van der Waals surface area (Å²) in [6.07, 6.45) is 8.50. The molecule has 0 atom stereocenters. The minimum absolute atomic E-state index is 0.0207. The molecule has 1 aliphatic heterocycles. The van der Waals surface area contributed by atoms with Gasteiger partial charge in [-0.15, -0.1) is 11.3 Å². The van der Waals surface area contributed by atoms with Crippen molar-refractivity contribution in [2.45, 2.75) is 13.0 Å². The third-order valence-corrected chi connectivity index (χ3v) is 5.83. The average molecular weight is 397 g/mol. The van der Waals surface area contributed by atoms with Crippen molar-refractivity contribution in [3.05, 3.63) is 63.3 Å². The van der Waals surface area contributed by atoms with Crippen molar-refractivity contribution in [3.63, 3.8) is 0 Å². The summed E-state index contributed by atoms with van der Waals surface area (Å²) >= 11 is 2.98. The number of thiophene rings is 1. The molecule has 0 fully saturated rings. The predicted octanol–water partition coefficient (Wildman–Crippen LogP) is 2.85. The maximum absolute atomic E-state index is 12.4. The molecule has 0 aromatic carbocycles. The van der Waals surface area contributed by atoms with Gasteiger partial charge in [0.1, 0.15) is 5.69 Å². The lowest BCUT2D eigenvalue weighted by Gasteiger charge is -2.24. The second-order valence-electron chi connectivity index (χ2n) is 5.79. The van der Waals surface area contributed by atoms with Crippen LogP contribution in [0.1, 0.15) is 25.9 Å². The van der Waals surface area contributed by atoms with Crippen LogP contribution < -0.4 is 5.32 Å². The molecule has 9 heteroatoms. The Morgan fingerprint density at radius 1 is 1.30 bits per heavy atom. The zero-order chi connectivity index (χ0) is 18.6. The van der Waals surface area contributed by atoms with Gasteiger partial charge in [0, 0.05) is 41.2 Å². The van der Waals surface area contributed by atoms with E-state index < -0.39 is 0 Å². The van der Waals surface area contributed by atoms with Gasteiger partial charge >= 0.3 is 0 Å². The highest BCUT2D eigenvalue weighted by atomic mass is 32.1. The van der Waals surface area contributed by atoms with Crippen LogP contribution in [-0.2, 0) is 17.8 Å². The zero-order valence-corrected chi connectivity index (χ0v) is 15.8. The first-order valence-corrected chi connectivity index (χ1v) is 9.95. The molecule has 0 aliphatic carbocycles. The van der Waals surface area contributed by atoms with Crippen LogP contribution >= 0.6 is 22.7 Å². The van der Waals surface area contributed by atoms with Crippen molar-refractivity contribution in [1.82, 2.24) is 19.9 Å². The quantitative estimate of drug-likeness (QED) is 0.684. The number of aromatic nitrogens is 3. The Bertz CT molecular complexity index is 983. The molecule has 27 heavy (non-hydrogen) atoms. The maximum atomic E-state index is 12.4. The van der Waals surface area contributed by atoms with Crippen LogP contribution in [0.15, 0.2) is 42.2 Å². The van der Waals surface area contributed by atoms with Crippen LogP contribution in [0.4, 0.5) is 5.13 Å². The third kappa shape index (κ3) is 4.09. The summed E-state index contributed by atoms with van der Waals surface area (Å²) in [6, 6.07) is 3.92. The van der Waals surface area contributed by atoms with Gasteiger partial charge in [0.2, 0.25) is 5.91 Å². The fourth-order valence-electron chi connectivity index (χ4n) is 2.66. The molecule has 136 valence electrons. The van der Waals surface area contributed by atoms with E-state index in [0.717, 1.165) is 15.4 Å². The Labute approximate surface area is 163 Å². The molecule has 0 radical (unpaired) electrons. The van der Waals surface area contributed by atoms with Gasteiger partial charge < -0.3 is 4.90 Å². The number of nitrogens with zero attached hydrogens (tertiary/aromatic N) is 4. The van der Waals surface area contributed by atoms with Crippen LogP contribution in [0.3, 0.4) is 0 Å². The van der Waals surface area contributed by atoms with Gasteiger partial charge in [0.25, 0.3) is 5.91 Å². The van der Waals surface area contributed by atoms with E-state index in [0.29, 0.717) is 24.6 Å². The van der Waals surface area contributed by atoms with E-state index in [-0.39, 0.29) is 17.5 Å². The molecule has 2 amide bonds. The van der Waals surface area contributed by atoms with Gasteiger partial charge in [-0.2, -0.15) is 0 Å². The summed E-state index contributed by atoms with van der Waals surface area (Å²) in [5.41, 5.74) is 1.17. The maximum Gasteiger partial charge on any atom is 0.277 e. The largest absolute Gasteiger partial charge is 0.334 e. The number of hydrogen-bond acceptors (Lipinski definition) is 7. The minimum atomic E-state index is -0.346. The first kappa shape index (κ1) is 17.5. The zero-order valence-electron chi connectivity index (χ0n) is 14.2. The van der Waals surface area contributed by atoms with Crippen LogP contribution in [0, 0.1) is 0 Å². The van der Waals surface area contributed by atoms with Gasteiger partial charge in [-0.1, -0.05) is 17.4 Å². The van der Waals surface area contributed by atoms with E-state index in [1.54, 1.807) is 22.3 Å². The minimum Gasteiger partial charge on any atom is -0.334 e. The number of hydrogen-bond donors (Lipinski definition) is 1. The first-order chi connectivity index (χ1) is 13.2.